The Bertz CT molecular complexity index is 1290. The van der Waals surface area contributed by atoms with Gasteiger partial charge in [-0.2, -0.15) is 0 Å². The topological polar surface area (TPSA) is 97.2 Å². The number of aryl methyl sites for hydroxylation is 1. The number of anilines is 1. The molecule has 0 aliphatic heterocycles. The van der Waals surface area contributed by atoms with Gasteiger partial charge in [0.1, 0.15) is 17.0 Å². The Morgan fingerprint density at radius 1 is 1.09 bits per heavy atom. The van der Waals surface area contributed by atoms with E-state index in [1.165, 1.54) is 6.07 Å². The molecule has 0 aliphatic rings. The first-order valence-corrected chi connectivity index (χ1v) is 14.1. The second-order valence-electron chi connectivity index (χ2n) is 8.79. The first kappa shape index (κ1) is 26.9. The second-order valence-corrected chi connectivity index (χ2v) is 11.0. The quantitative estimate of drug-likeness (QED) is 0.341. The van der Waals surface area contributed by atoms with Gasteiger partial charge in [-0.05, 0) is 49.6 Å². The maximum atomic E-state index is 12.6. The largest absolute Gasteiger partial charge is 0.375 e. The number of halogens is 1. The number of amides is 1. The lowest BCUT2D eigenvalue weighted by Gasteiger charge is -2.20. The monoisotopic (exact) mass is 519 g/mol. The van der Waals surface area contributed by atoms with Gasteiger partial charge in [-0.1, -0.05) is 50.8 Å². The van der Waals surface area contributed by atoms with Crippen LogP contribution in [0.5, 0.6) is 0 Å². The molecule has 0 fully saturated rings. The number of hydrogen-bond donors (Lipinski definition) is 1. The van der Waals surface area contributed by atoms with Crippen LogP contribution in [0.2, 0.25) is 5.02 Å². The molecule has 1 amide bonds. The molecule has 3 aromatic rings. The normalized spacial score (nSPS) is 11.7. The highest BCUT2D eigenvalue weighted by atomic mass is 35.5. The van der Waals surface area contributed by atoms with E-state index in [0.717, 1.165) is 49.3 Å². The van der Waals surface area contributed by atoms with Gasteiger partial charge >= 0.3 is 0 Å². The number of aromatic nitrogens is 3. The number of nitrogens with one attached hydrogen (secondary N) is 1. The zero-order chi connectivity index (χ0) is 25.6. The van der Waals surface area contributed by atoms with Gasteiger partial charge in [0.15, 0.2) is 5.65 Å². The molecular formula is C25H34ClN5O3S. The van der Waals surface area contributed by atoms with Gasteiger partial charge < -0.3 is 9.47 Å². The van der Waals surface area contributed by atoms with Crippen molar-refractivity contribution >= 4 is 44.4 Å². The summed E-state index contributed by atoms with van der Waals surface area (Å²) in [6, 6.07) is 9.16. The highest BCUT2D eigenvalue weighted by molar-refractivity contribution is 7.90. The number of imidazole rings is 1. The number of carbonyl (C=O) groups excluding carboxylic acids is 1. The standard InChI is InChI=1S/C25H34ClN5O3S/c1-5-7-9-15-35(33,34)29-25(32)23-13-12-22-24(28-23)31(18(3)27-22)17-19-10-11-20(16-21(19)26)30(4)14-8-6-2/h10-13,16H,5-9,14-15,17H2,1-4H3,(H,29,32). The predicted molar refractivity (Wildman–Crippen MR) is 142 cm³/mol. The van der Waals surface area contributed by atoms with Crippen LogP contribution in [0, 0.1) is 6.92 Å². The van der Waals surface area contributed by atoms with Crippen LogP contribution in [0.4, 0.5) is 5.69 Å². The minimum Gasteiger partial charge on any atom is -0.375 e. The Hall–Kier alpha value is -2.65. The highest BCUT2D eigenvalue weighted by Gasteiger charge is 2.19. The van der Waals surface area contributed by atoms with Crippen molar-refractivity contribution in [3.63, 3.8) is 0 Å². The average Bonchev–Trinajstić information content (AvgIpc) is 3.12. The van der Waals surface area contributed by atoms with Crippen LogP contribution in [0.3, 0.4) is 0 Å². The lowest BCUT2D eigenvalue weighted by atomic mass is 10.2. The number of nitrogens with zero attached hydrogens (tertiary/aromatic N) is 4. The van der Waals surface area contributed by atoms with Gasteiger partial charge in [-0.15, -0.1) is 0 Å². The van der Waals surface area contributed by atoms with Crippen LogP contribution in [0.15, 0.2) is 30.3 Å². The van der Waals surface area contributed by atoms with Crippen molar-refractivity contribution in [2.24, 2.45) is 0 Å². The zero-order valence-corrected chi connectivity index (χ0v) is 22.4. The Labute approximate surface area is 212 Å². The van der Waals surface area contributed by atoms with E-state index in [-0.39, 0.29) is 11.4 Å². The summed E-state index contributed by atoms with van der Waals surface area (Å²) in [5.74, 6) is -0.114. The predicted octanol–water partition coefficient (Wildman–Crippen LogP) is 4.93. The molecule has 0 radical (unpaired) electrons. The number of hydrogen-bond acceptors (Lipinski definition) is 6. The highest BCUT2D eigenvalue weighted by Crippen LogP contribution is 2.26. The Morgan fingerprint density at radius 2 is 1.83 bits per heavy atom. The Balaban J connectivity index is 1.83. The van der Waals surface area contributed by atoms with Crippen molar-refractivity contribution < 1.29 is 13.2 Å². The van der Waals surface area contributed by atoms with Crippen molar-refractivity contribution in [2.75, 3.05) is 24.2 Å². The first-order valence-electron chi connectivity index (χ1n) is 12.0. The molecule has 8 nitrogen and oxygen atoms in total. The lowest BCUT2D eigenvalue weighted by Crippen LogP contribution is -2.33. The van der Waals surface area contributed by atoms with Crippen LogP contribution in [-0.4, -0.2) is 48.2 Å². The summed E-state index contributed by atoms with van der Waals surface area (Å²) < 4.78 is 28.5. The van der Waals surface area contributed by atoms with E-state index >= 15 is 0 Å². The zero-order valence-electron chi connectivity index (χ0n) is 20.8. The second kappa shape index (κ2) is 11.9. The summed E-state index contributed by atoms with van der Waals surface area (Å²) in [4.78, 5) is 23.8. The van der Waals surface area contributed by atoms with Crippen LogP contribution in [0.25, 0.3) is 11.2 Å². The molecule has 190 valence electrons. The van der Waals surface area contributed by atoms with Gasteiger partial charge in [-0.25, -0.2) is 23.1 Å². The minimum atomic E-state index is -3.71. The number of pyridine rings is 1. The van der Waals surface area contributed by atoms with Crippen molar-refractivity contribution in [1.82, 2.24) is 19.3 Å². The third-order valence-corrected chi connectivity index (χ3v) is 7.61. The van der Waals surface area contributed by atoms with E-state index in [4.69, 9.17) is 11.6 Å². The van der Waals surface area contributed by atoms with Gasteiger partial charge in [0, 0.05) is 24.3 Å². The van der Waals surface area contributed by atoms with E-state index in [2.05, 4.69) is 33.6 Å². The summed E-state index contributed by atoms with van der Waals surface area (Å²) in [5.41, 5.74) is 3.10. The summed E-state index contributed by atoms with van der Waals surface area (Å²) in [6.45, 7) is 7.40. The fourth-order valence-corrected chi connectivity index (χ4v) is 5.12. The number of unbranched alkanes of at least 4 members (excludes halogenated alkanes) is 3. The van der Waals surface area contributed by atoms with Crippen molar-refractivity contribution in [3.05, 3.63) is 52.4 Å². The van der Waals surface area contributed by atoms with Gasteiger partial charge in [0.25, 0.3) is 5.91 Å². The number of rotatable bonds is 12. The van der Waals surface area contributed by atoms with Crippen molar-refractivity contribution in [1.29, 1.82) is 0 Å². The summed E-state index contributed by atoms with van der Waals surface area (Å²) in [6.07, 6.45) is 4.42. The average molecular weight is 520 g/mol. The first-order chi connectivity index (χ1) is 16.6. The van der Waals surface area contributed by atoms with Gasteiger partial charge in [0.05, 0.1) is 12.3 Å². The number of benzene rings is 1. The molecule has 1 aromatic carbocycles. The fraction of sp³-hybridized carbons (Fsp3) is 0.480. The molecule has 10 heteroatoms. The fourth-order valence-electron chi connectivity index (χ4n) is 3.81. The third-order valence-electron chi connectivity index (χ3n) is 5.93. The molecule has 2 aromatic heterocycles. The van der Waals surface area contributed by atoms with Gasteiger partial charge in [-0.3, -0.25) is 4.79 Å². The molecule has 0 saturated carbocycles. The number of sulfonamides is 1. The number of carbonyl (C=O) groups is 1. The van der Waals surface area contributed by atoms with Crippen molar-refractivity contribution in [3.8, 4) is 0 Å². The smallest absolute Gasteiger partial charge is 0.283 e. The maximum Gasteiger partial charge on any atom is 0.283 e. The van der Waals surface area contributed by atoms with E-state index in [1.54, 1.807) is 6.07 Å². The summed E-state index contributed by atoms with van der Waals surface area (Å²) in [5, 5.41) is 0.638. The van der Waals surface area contributed by atoms with E-state index in [0.29, 0.717) is 29.2 Å². The molecule has 0 saturated heterocycles. The van der Waals surface area contributed by atoms with Crippen LogP contribution < -0.4 is 9.62 Å². The lowest BCUT2D eigenvalue weighted by molar-refractivity contribution is 0.0977. The molecule has 0 spiro atoms. The van der Waals surface area contributed by atoms with E-state index in [9.17, 15) is 13.2 Å². The molecule has 0 unspecified atom stereocenters. The summed E-state index contributed by atoms with van der Waals surface area (Å²) >= 11 is 6.62. The van der Waals surface area contributed by atoms with Gasteiger partial charge in [0.2, 0.25) is 10.0 Å². The van der Waals surface area contributed by atoms with E-state index < -0.39 is 15.9 Å². The molecule has 1 N–H and O–H groups in total. The SMILES string of the molecule is CCCCCS(=O)(=O)NC(=O)c1ccc2nc(C)n(Cc3ccc(N(C)CCCC)cc3Cl)c2n1. The number of fused-ring (bicyclic) bond motifs is 1. The molecule has 0 bridgehead atoms. The molecule has 2 heterocycles. The molecule has 0 aliphatic carbocycles. The van der Waals surface area contributed by atoms with Crippen LogP contribution in [0.1, 0.15) is 67.8 Å². The molecular weight excluding hydrogens is 486 g/mol. The third kappa shape index (κ3) is 6.95. The maximum absolute atomic E-state index is 12.6. The molecule has 0 atom stereocenters. The molecule has 3 rings (SSSR count). The van der Waals surface area contributed by atoms with E-state index in [1.807, 2.05) is 36.6 Å². The Kier molecular flexibility index (Phi) is 9.13. The Morgan fingerprint density at radius 3 is 2.51 bits per heavy atom. The van der Waals surface area contributed by atoms with Crippen LogP contribution >= 0.6 is 11.6 Å². The van der Waals surface area contributed by atoms with Crippen LogP contribution in [-0.2, 0) is 16.6 Å². The minimum absolute atomic E-state index is 0.0247. The summed E-state index contributed by atoms with van der Waals surface area (Å²) in [7, 11) is -1.66. The van der Waals surface area contributed by atoms with Crippen molar-refractivity contribution in [2.45, 2.75) is 59.4 Å². The molecule has 35 heavy (non-hydrogen) atoms.